The van der Waals surface area contributed by atoms with Gasteiger partial charge in [0.1, 0.15) is 0 Å². The molecule has 1 aromatic heterocycles. The molecule has 2 rings (SSSR count). The Balaban J connectivity index is 2.24. The van der Waals surface area contributed by atoms with Gasteiger partial charge in [0, 0.05) is 30.5 Å². The number of rotatable bonds is 8. The molecular formula is C18H21N3O3S. The summed E-state index contributed by atoms with van der Waals surface area (Å²) in [5.41, 5.74) is 1.11. The SMILES string of the molecule is C=CCNC(=O)c1cccc(S(=O)(=O)N[C@H](CC)c2ccncc2)c1. The van der Waals surface area contributed by atoms with Gasteiger partial charge in [-0.15, -0.1) is 6.58 Å². The molecule has 0 saturated heterocycles. The lowest BCUT2D eigenvalue weighted by atomic mass is 10.1. The third kappa shape index (κ3) is 4.98. The van der Waals surface area contributed by atoms with E-state index in [9.17, 15) is 13.2 Å². The Morgan fingerprint density at radius 2 is 2.00 bits per heavy atom. The average Bonchev–Trinajstić information content (AvgIpc) is 2.65. The van der Waals surface area contributed by atoms with E-state index in [1.54, 1.807) is 42.7 Å². The first-order valence-electron chi connectivity index (χ1n) is 7.89. The van der Waals surface area contributed by atoms with Crippen LogP contribution in [0, 0.1) is 0 Å². The maximum atomic E-state index is 12.7. The molecule has 2 N–H and O–H groups in total. The third-order valence-corrected chi connectivity index (χ3v) is 5.10. The van der Waals surface area contributed by atoms with E-state index < -0.39 is 10.0 Å². The van der Waals surface area contributed by atoms with E-state index in [1.807, 2.05) is 6.92 Å². The molecule has 25 heavy (non-hydrogen) atoms. The molecule has 2 aromatic rings. The van der Waals surface area contributed by atoms with E-state index in [4.69, 9.17) is 0 Å². The van der Waals surface area contributed by atoms with Crippen LogP contribution in [-0.4, -0.2) is 25.9 Å². The highest BCUT2D eigenvalue weighted by atomic mass is 32.2. The zero-order valence-corrected chi connectivity index (χ0v) is 14.8. The molecule has 0 aliphatic carbocycles. The number of amides is 1. The van der Waals surface area contributed by atoms with E-state index >= 15 is 0 Å². The maximum Gasteiger partial charge on any atom is 0.251 e. The number of carbonyl (C=O) groups is 1. The third-order valence-electron chi connectivity index (χ3n) is 3.63. The molecule has 0 saturated carbocycles. The van der Waals surface area contributed by atoms with Crippen LogP contribution >= 0.6 is 0 Å². The van der Waals surface area contributed by atoms with Crippen LogP contribution in [0.4, 0.5) is 0 Å². The first-order valence-corrected chi connectivity index (χ1v) is 9.37. The predicted molar refractivity (Wildman–Crippen MR) is 96.6 cm³/mol. The standard InChI is InChI=1S/C18H21N3O3S/c1-3-10-20-18(22)15-6-5-7-16(13-15)25(23,24)21-17(4-2)14-8-11-19-12-9-14/h3,5-9,11-13,17,21H,1,4,10H2,2H3,(H,20,22)/t17-/m1/s1. The quantitative estimate of drug-likeness (QED) is 0.709. The fourth-order valence-corrected chi connectivity index (χ4v) is 3.66. The lowest BCUT2D eigenvalue weighted by molar-refractivity contribution is 0.0958. The Bertz CT molecular complexity index is 836. The van der Waals surface area contributed by atoms with Gasteiger partial charge in [-0.25, -0.2) is 13.1 Å². The van der Waals surface area contributed by atoms with Crippen LogP contribution in [0.1, 0.15) is 35.3 Å². The van der Waals surface area contributed by atoms with Crippen LogP contribution in [0.2, 0.25) is 0 Å². The van der Waals surface area contributed by atoms with Crippen LogP contribution in [0.3, 0.4) is 0 Å². The van der Waals surface area contributed by atoms with Gasteiger partial charge >= 0.3 is 0 Å². The number of carbonyl (C=O) groups excluding carboxylic acids is 1. The average molecular weight is 359 g/mol. The molecule has 0 spiro atoms. The molecule has 1 amide bonds. The summed E-state index contributed by atoms with van der Waals surface area (Å²) < 4.78 is 28.1. The highest BCUT2D eigenvalue weighted by Gasteiger charge is 2.21. The first-order chi connectivity index (χ1) is 12.0. The summed E-state index contributed by atoms with van der Waals surface area (Å²) >= 11 is 0. The number of nitrogens with zero attached hydrogens (tertiary/aromatic N) is 1. The molecular weight excluding hydrogens is 338 g/mol. The molecule has 0 bridgehead atoms. The summed E-state index contributed by atoms with van der Waals surface area (Å²) in [4.78, 5) is 16.0. The largest absolute Gasteiger partial charge is 0.349 e. The van der Waals surface area contributed by atoms with Crippen molar-refractivity contribution in [2.45, 2.75) is 24.3 Å². The lowest BCUT2D eigenvalue weighted by Crippen LogP contribution is -2.29. The fourth-order valence-electron chi connectivity index (χ4n) is 2.31. The van der Waals surface area contributed by atoms with Gasteiger partial charge in [-0.3, -0.25) is 9.78 Å². The second-order valence-electron chi connectivity index (χ2n) is 5.39. The monoisotopic (exact) mass is 359 g/mol. The molecule has 132 valence electrons. The topological polar surface area (TPSA) is 88.2 Å². The first kappa shape index (κ1) is 18.8. The number of benzene rings is 1. The van der Waals surface area contributed by atoms with Crippen LogP contribution in [0.25, 0.3) is 0 Å². The molecule has 6 nitrogen and oxygen atoms in total. The fraction of sp³-hybridized carbons (Fsp3) is 0.222. The molecule has 0 aliphatic heterocycles. The highest BCUT2D eigenvalue weighted by Crippen LogP contribution is 2.20. The number of sulfonamides is 1. The van der Waals surface area contributed by atoms with Crippen molar-refractivity contribution in [2.24, 2.45) is 0 Å². The van der Waals surface area contributed by atoms with Crippen molar-refractivity contribution in [1.29, 1.82) is 0 Å². The molecule has 0 radical (unpaired) electrons. The molecule has 1 aromatic carbocycles. The summed E-state index contributed by atoms with van der Waals surface area (Å²) in [6, 6.07) is 9.12. The lowest BCUT2D eigenvalue weighted by Gasteiger charge is -2.17. The van der Waals surface area contributed by atoms with Gasteiger partial charge in [0.2, 0.25) is 10.0 Å². The number of aromatic nitrogens is 1. The smallest absolute Gasteiger partial charge is 0.251 e. The van der Waals surface area contributed by atoms with Crippen LogP contribution in [0.5, 0.6) is 0 Å². The highest BCUT2D eigenvalue weighted by molar-refractivity contribution is 7.89. The maximum absolute atomic E-state index is 12.7. The van der Waals surface area contributed by atoms with Crippen LogP contribution in [0.15, 0.2) is 66.3 Å². The minimum atomic E-state index is -3.77. The Labute approximate surface area is 148 Å². The van der Waals surface area contributed by atoms with Gasteiger partial charge in [-0.05, 0) is 42.3 Å². The zero-order chi connectivity index (χ0) is 18.3. The zero-order valence-electron chi connectivity index (χ0n) is 14.0. The van der Waals surface area contributed by atoms with Gasteiger partial charge in [0.15, 0.2) is 0 Å². The van der Waals surface area contributed by atoms with Gasteiger partial charge in [0.05, 0.1) is 4.90 Å². The summed E-state index contributed by atoms with van der Waals surface area (Å²) in [5.74, 6) is -0.349. The van der Waals surface area contributed by atoms with E-state index in [0.717, 1.165) is 5.56 Å². The minimum absolute atomic E-state index is 0.0475. The molecule has 0 aliphatic rings. The summed E-state index contributed by atoms with van der Waals surface area (Å²) in [5, 5.41) is 2.63. The van der Waals surface area contributed by atoms with Crippen molar-refractivity contribution in [1.82, 2.24) is 15.0 Å². The second kappa shape index (κ2) is 8.55. The Morgan fingerprint density at radius 3 is 2.64 bits per heavy atom. The molecule has 0 fully saturated rings. The molecule has 1 atom stereocenters. The Kier molecular flexibility index (Phi) is 6.44. The number of hydrogen-bond acceptors (Lipinski definition) is 4. The van der Waals surface area contributed by atoms with E-state index in [-0.39, 0.29) is 22.4 Å². The van der Waals surface area contributed by atoms with Gasteiger partial charge in [-0.1, -0.05) is 19.1 Å². The summed E-state index contributed by atoms with van der Waals surface area (Å²) in [6.45, 7) is 5.74. The van der Waals surface area contributed by atoms with Crippen molar-refractivity contribution in [3.05, 3.63) is 72.6 Å². The minimum Gasteiger partial charge on any atom is -0.349 e. The van der Waals surface area contributed by atoms with Crippen molar-refractivity contribution < 1.29 is 13.2 Å². The van der Waals surface area contributed by atoms with E-state index in [1.165, 1.54) is 12.1 Å². The van der Waals surface area contributed by atoms with Crippen molar-refractivity contribution in [3.63, 3.8) is 0 Å². The van der Waals surface area contributed by atoms with E-state index in [0.29, 0.717) is 13.0 Å². The van der Waals surface area contributed by atoms with E-state index in [2.05, 4.69) is 21.6 Å². The van der Waals surface area contributed by atoms with Gasteiger partial charge in [0.25, 0.3) is 5.91 Å². The number of nitrogens with one attached hydrogen (secondary N) is 2. The van der Waals surface area contributed by atoms with Crippen molar-refractivity contribution >= 4 is 15.9 Å². The summed E-state index contributed by atoms with van der Waals surface area (Å²) in [6.07, 6.45) is 5.39. The van der Waals surface area contributed by atoms with Crippen molar-refractivity contribution in [3.8, 4) is 0 Å². The molecule has 7 heteroatoms. The number of pyridine rings is 1. The Morgan fingerprint density at radius 1 is 1.28 bits per heavy atom. The second-order valence-corrected chi connectivity index (χ2v) is 7.10. The predicted octanol–water partition coefficient (Wildman–Crippen LogP) is 2.43. The molecule has 1 heterocycles. The Hall–Kier alpha value is -2.51. The van der Waals surface area contributed by atoms with Gasteiger partial charge in [-0.2, -0.15) is 0 Å². The molecule has 0 unspecified atom stereocenters. The summed E-state index contributed by atoms with van der Waals surface area (Å²) in [7, 11) is -3.77. The van der Waals surface area contributed by atoms with Gasteiger partial charge < -0.3 is 5.32 Å². The van der Waals surface area contributed by atoms with Crippen LogP contribution < -0.4 is 10.0 Å². The normalized spacial score (nSPS) is 12.4. The van der Waals surface area contributed by atoms with Crippen LogP contribution in [-0.2, 0) is 10.0 Å². The number of hydrogen-bond donors (Lipinski definition) is 2. The van der Waals surface area contributed by atoms with Crippen molar-refractivity contribution in [2.75, 3.05) is 6.54 Å².